The topological polar surface area (TPSA) is 80.1 Å². The predicted molar refractivity (Wildman–Crippen MR) is 83.6 cm³/mol. The van der Waals surface area contributed by atoms with Crippen LogP contribution in [0.15, 0.2) is 12.3 Å². The minimum Gasteiger partial charge on any atom is -0.369 e. The molecule has 0 atom stereocenters. The van der Waals surface area contributed by atoms with Gasteiger partial charge in [-0.15, -0.1) is 0 Å². The minimum atomic E-state index is -0.369. The first kappa shape index (κ1) is 15.7. The Labute approximate surface area is 125 Å². The minimum absolute atomic E-state index is 0.115. The summed E-state index contributed by atoms with van der Waals surface area (Å²) in [7, 11) is 0. The molecule has 1 aromatic rings. The molecule has 0 aromatic carbocycles. The smallest absolute Gasteiger partial charge is 0.277 e. The lowest BCUT2D eigenvalue weighted by atomic mass is 10.1. The van der Waals surface area contributed by atoms with Crippen LogP contribution in [-0.2, 0) is 0 Å². The van der Waals surface area contributed by atoms with E-state index in [-0.39, 0.29) is 10.6 Å². The standard InChI is InChI=1S/C15H24N4O2/c1-12-11-18-15(10-14(12)19(20)21)17-9-8-16-13-6-4-2-3-5-7-13/h10-11,13,16H,2-9H2,1H3,(H,17,18). The van der Waals surface area contributed by atoms with Crippen molar-refractivity contribution >= 4 is 11.5 Å². The molecular weight excluding hydrogens is 268 g/mol. The Morgan fingerprint density at radius 3 is 2.67 bits per heavy atom. The van der Waals surface area contributed by atoms with Crippen LogP contribution >= 0.6 is 0 Å². The van der Waals surface area contributed by atoms with Crippen molar-refractivity contribution in [3.05, 3.63) is 27.9 Å². The van der Waals surface area contributed by atoms with Crippen LogP contribution in [0.5, 0.6) is 0 Å². The summed E-state index contributed by atoms with van der Waals surface area (Å²) in [5.41, 5.74) is 0.700. The monoisotopic (exact) mass is 292 g/mol. The van der Waals surface area contributed by atoms with E-state index in [9.17, 15) is 10.1 Å². The molecule has 1 saturated carbocycles. The number of aryl methyl sites for hydroxylation is 1. The second kappa shape index (κ2) is 7.93. The van der Waals surface area contributed by atoms with E-state index in [2.05, 4.69) is 15.6 Å². The van der Waals surface area contributed by atoms with Crippen LogP contribution in [0.2, 0.25) is 0 Å². The molecule has 0 aliphatic heterocycles. The largest absolute Gasteiger partial charge is 0.369 e. The number of rotatable bonds is 6. The van der Waals surface area contributed by atoms with Crippen LogP contribution in [0.1, 0.15) is 44.1 Å². The summed E-state index contributed by atoms with van der Waals surface area (Å²) in [4.78, 5) is 14.7. The van der Waals surface area contributed by atoms with E-state index in [0.717, 1.165) is 13.1 Å². The van der Waals surface area contributed by atoms with Crippen LogP contribution in [0, 0.1) is 17.0 Å². The fraction of sp³-hybridized carbons (Fsp3) is 0.667. The van der Waals surface area contributed by atoms with Crippen molar-refractivity contribution in [1.82, 2.24) is 10.3 Å². The zero-order valence-corrected chi connectivity index (χ0v) is 12.6. The molecule has 1 aromatic heterocycles. The maximum absolute atomic E-state index is 10.9. The number of nitrogens with one attached hydrogen (secondary N) is 2. The van der Waals surface area contributed by atoms with Gasteiger partial charge in [0.1, 0.15) is 5.82 Å². The summed E-state index contributed by atoms with van der Waals surface area (Å²) < 4.78 is 0. The first-order valence-corrected chi connectivity index (χ1v) is 7.75. The number of nitro groups is 1. The lowest BCUT2D eigenvalue weighted by Gasteiger charge is -2.16. The Balaban J connectivity index is 1.75. The fourth-order valence-electron chi connectivity index (χ4n) is 2.76. The summed E-state index contributed by atoms with van der Waals surface area (Å²) in [5, 5.41) is 17.6. The zero-order valence-electron chi connectivity index (χ0n) is 12.6. The summed E-state index contributed by atoms with van der Waals surface area (Å²) in [5.74, 6) is 0.565. The normalized spacial score (nSPS) is 16.4. The van der Waals surface area contributed by atoms with Gasteiger partial charge in [0.15, 0.2) is 0 Å². The molecule has 6 nitrogen and oxygen atoms in total. The summed E-state index contributed by atoms with van der Waals surface area (Å²) in [6, 6.07) is 2.12. The molecule has 0 saturated heterocycles. The van der Waals surface area contributed by atoms with Gasteiger partial charge in [-0.1, -0.05) is 25.7 Å². The number of aromatic nitrogens is 1. The quantitative estimate of drug-likeness (QED) is 0.364. The highest BCUT2D eigenvalue weighted by Crippen LogP contribution is 2.19. The van der Waals surface area contributed by atoms with E-state index in [1.807, 2.05) is 0 Å². The van der Waals surface area contributed by atoms with E-state index in [0.29, 0.717) is 17.4 Å². The summed E-state index contributed by atoms with van der Waals surface area (Å²) in [6.07, 6.45) is 9.40. The third-order valence-electron chi connectivity index (χ3n) is 3.99. The number of hydrogen-bond acceptors (Lipinski definition) is 5. The Bertz CT molecular complexity index is 471. The number of nitrogens with zero attached hydrogens (tertiary/aromatic N) is 2. The Kier molecular flexibility index (Phi) is 5.92. The van der Waals surface area contributed by atoms with Crippen molar-refractivity contribution in [2.75, 3.05) is 18.4 Å². The van der Waals surface area contributed by atoms with Crippen molar-refractivity contribution in [2.24, 2.45) is 0 Å². The van der Waals surface area contributed by atoms with Crippen LogP contribution in [0.4, 0.5) is 11.5 Å². The molecular formula is C15H24N4O2. The third-order valence-corrected chi connectivity index (χ3v) is 3.99. The van der Waals surface area contributed by atoms with Crippen LogP contribution < -0.4 is 10.6 Å². The van der Waals surface area contributed by atoms with E-state index in [1.54, 1.807) is 13.1 Å². The maximum Gasteiger partial charge on any atom is 0.277 e. The fourth-order valence-corrected chi connectivity index (χ4v) is 2.76. The van der Waals surface area contributed by atoms with Gasteiger partial charge in [0.25, 0.3) is 5.69 Å². The van der Waals surface area contributed by atoms with Gasteiger partial charge in [0.2, 0.25) is 0 Å². The molecule has 0 amide bonds. The molecule has 2 N–H and O–H groups in total. The molecule has 1 heterocycles. The van der Waals surface area contributed by atoms with Crippen LogP contribution in [0.25, 0.3) is 0 Å². The molecule has 1 aliphatic carbocycles. The summed E-state index contributed by atoms with van der Waals surface area (Å²) in [6.45, 7) is 3.28. The molecule has 116 valence electrons. The molecule has 1 fully saturated rings. The van der Waals surface area contributed by atoms with Gasteiger partial charge >= 0.3 is 0 Å². The second-order valence-electron chi connectivity index (χ2n) is 5.68. The van der Waals surface area contributed by atoms with E-state index >= 15 is 0 Å². The van der Waals surface area contributed by atoms with E-state index in [4.69, 9.17) is 0 Å². The number of pyridine rings is 1. The molecule has 0 radical (unpaired) electrons. The highest BCUT2D eigenvalue weighted by molar-refractivity contribution is 5.48. The lowest BCUT2D eigenvalue weighted by molar-refractivity contribution is -0.385. The highest BCUT2D eigenvalue weighted by atomic mass is 16.6. The van der Waals surface area contributed by atoms with Crippen LogP contribution in [-0.4, -0.2) is 29.0 Å². The van der Waals surface area contributed by atoms with Crippen molar-refractivity contribution in [2.45, 2.75) is 51.5 Å². The lowest BCUT2D eigenvalue weighted by Crippen LogP contribution is -2.32. The molecule has 0 spiro atoms. The highest BCUT2D eigenvalue weighted by Gasteiger charge is 2.13. The molecule has 1 aliphatic rings. The van der Waals surface area contributed by atoms with E-state index < -0.39 is 0 Å². The van der Waals surface area contributed by atoms with E-state index in [1.165, 1.54) is 44.6 Å². The molecule has 0 unspecified atom stereocenters. The van der Waals surface area contributed by atoms with Crippen LogP contribution in [0.3, 0.4) is 0 Å². The molecule has 0 bridgehead atoms. The Morgan fingerprint density at radius 1 is 1.29 bits per heavy atom. The Hall–Kier alpha value is -1.69. The van der Waals surface area contributed by atoms with Gasteiger partial charge in [-0.25, -0.2) is 4.98 Å². The third kappa shape index (κ3) is 4.97. The first-order chi connectivity index (χ1) is 10.2. The molecule has 21 heavy (non-hydrogen) atoms. The second-order valence-corrected chi connectivity index (χ2v) is 5.68. The number of anilines is 1. The van der Waals surface area contributed by atoms with Gasteiger partial charge < -0.3 is 10.6 Å². The van der Waals surface area contributed by atoms with Gasteiger partial charge in [0, 0.05) is 30.9 Å². The zero-order chi connectivity index (χ0) is 15.1. The summed E-state index contributed by atoms with van der Waals surface area (Å²) >= 11 is 0. The van der Waals surface area contributed by atoms with Crippen molar-refractivity contribution in [3.63, 3.8) is 0 Å². The number of hydrogen-bond donors (Lipinski definition) is 2. The van der Waals surface area contributed by atoms with Crippen molar-refractivity contribution in [3.8, 4) is 0 Å². The average molecular weight is 292 g/mol. The first-order valence-electron chi connectivity index (χ1n) is 7.75. The Morgan fingerprint density at radius 2 is 2.00 bits per heavy atom. The van der Waals surface area contributed by atoms with Gasteiger partial charge in [-0.3, -0.25) is 10.1 Å². The SMILES string of the molecule is Cc1cnc(NCCNC2CCCCCC2)cc1[N+](=O)[O-]. The predicted octanol–water partition coefficient (Wildman–Crippen LogP) is 3.02. The molecule has 6 heteroatoms. The van der Waals surface area contributed by atoms with Gasteiger partial charge in [-0.2, -0.15) is 0 Å². The molecule has 2 rings (SSSR count). The van der Waals surface area contributed by atoms with Gasteiger partial charge in [0.05, 0.1) is 11.0 Å². The maximum atomic E-state index is 10.9. The van der Waals surface area contributed by atoms with Crippen molar-refractivity contribution in [1.29, 1.82) is 0 Å². The van der Waals surface area contributed by atoms with Gasteiger partial charge in [-0.05, 0) is 19.8 Å². The average Bonchev–Trinajstić information content (AvgIpc) is 2.73. The van der Waals surface area contributed by atoms with Crippen molar-refractivity contribution < 1.29 is 4.92 Å².